The van der Waals surface area contributed by atoms with E-state index in [9.17, 15) is 27.5 Å². The first-order valence-corrected chi connectivity index (χ1v) is 11.0. The first-order valence-electron chi connectivity index (χ1n) is 11.0. The number of oxazole rings is 1. The van der Waals surface area contributed by atoms with E-state index in [-0.39, 0.29) is 24.5 Å². The molecule has 0 amide bonds. The van der Waals surface area contributed by atoms with Crippen LogP contribution in [0.15, 0.2) is 46.9 Å². The lowest BCUT2D eigenvalue weighted by atomic mass is 9.92. The Morgan fingerprint density at radius 2 is 1.94 bits per heavy atom. The van der Waals surface area contributed by atoms with Crippen LogP contribution in [0.2, 0.25) is 0 Å². The second-order valence-corrected chi connectivity index (χ2v) is 8.38. The molecule has 1 aliphatic heterocycles. The van der Waals surface area contributed by atoms with Crippen molar-refractivity contribution < 1.29 is 41.4 Å². The van der Waals surface area contributed by atoms with Crippen molar-refractivity contribution in [1.29, 1.82) is 0 Å². The number of halogens is 4. The number of carboxylic acids is 1. The SMILES string of the molecule is Cc1oc(-c2ccc(C(F)(F)F)c(F)c2)nc1CCOc1ccc(CC2(C(=O)O)CCCO2)cc1. The fourth-order valence-corrected chi connectivity index (χ4v) is 4.04. The van der Waals surface area contributed by atoms with Crippen LogP contribution in [-0.4, -0.2) is 34.9 Å². The number of carbonyl (C=O) groups is 1. The van der Waals surface area contributed by atoms with Gasteiger partial charge in [0.15, 0.2) is 5.60 Å². The molecule has 1 N–H and O–H groups in total. The molecule has 4 rings (SSSR count). The molecule has 0 radical (unpaired) electrons. The summed E-state index contributed by atoms with van der Waals surface area (Å²) < 4.78 is 69.0. The van der Waals surface area contributed by atoms with Gasteiger partial charge in [0.1, 0.15) is 17.3 Å². The summed E-state index contributed by atoms with van der Waals surface area (Å²) >= 11 is 0. The number of benzene rings is 2. The molecule has 1 atom stereocenters. The van der Waals surface area contributed by atoms with Gasteiger partial charge in [-0.3, -0.25) is 0 Å². The number of aromatic nitrogens is 1. The Hall–Kier alpha value is -3.40. The van der Waals surface area contributed by atoms with Crippen molar-refractivity contribution >= 4 is 5.97 Å². The lowest BCUT2D eigenvalue weighted by Gasteiger charge is -2.23. The minimum absolute atomic E-state index is 0.0240. The zero-order valence-electron chi connectivity index (χ0n) is 18.8. The Morgan fingerprint density at radius 1 is 1.20 bits per heavy atom. The minimum atomic E-state index is -4.78. The van der Waals surface area contributed by atoms with Gasteiger partial charge in [0.25, 0.3) is 0 Å². The molecule has 3 aromatic rings. The molecule has 1 saturated heterocycles. The number of rotatable bonds is 8. The van der Waals surface area contributed by atoms with Crippen LogP contribution in [0.25, 0.3) is 11.5 Å². The van der Waals surface area contributed by atoms with Crippen LogP contribution in [0.5, 0.6) is 5.75 Å². The van der Waals surface area contributed by atoms with E-state index in [0.29, 0.717) is 49.1 Å². The average molecular weight is 493 g/mol. The quantitative estimate of drug-likeness (QED) is 0.411. The average Bonchev–Trinajstić information content (AvgIpc) is 3.42. The zero-order chi connectivity index (χ0) is 25.2. The summed E-state index contributed by atoms with van der Waals surface area (Å²) in [6, 6.07) is 9.59. The van der Waals surface area contributed by atoms with E-state index < -0.39 is 29.1 Å². The topological polar surface area (TPSA) is 81.8 Å². The van der Waals surface area contributed by atoms with Crippen LogP contribution in [0, 0.1) is 12.7 Å². The van der Waals surface area contributed by atoms with Crippen molar-refractivity contribution in [2.75, 3.05) is 13.2 Å². The van der Waals surface area contributed by atoms with E-state index in [2.05, 4.69) is 4.98 Å². The Kier molecular flexibility index (Phi) is 6.84. The second kappa shape index (κ2) is 9.69. The summed E-state index contributed by atoms with van der Waals surface area (Å²) in [7, 11) is 0. The molecule has 1 fully saturated rings. The van der Waals surface area contributed by atoms with E-state index in [0.717, 1.165) is 17.7 Å². The van der Waals surface area contributed by atoms with Crippen LogP contribution >= 0.6 is 0 Å². The van der Waals surface area contributed by atoms with Crippen LogP contribution in [0.3, 0.4) is 0 Å². The number of aryl methyl sites for hydroxylation is 1. The monoisotopic (exact) mass is 493 g/mol. The highest BCUT2D eigenvalue weighted by Gasteiger charge is 2.42. The number of alkyl halides is 3. The molecule has 0 bridgehead atoms. The van der Waals surface area contributed by atoms with Crippen molar-refractivity contribution in [3.05, 3.63) is 70.9 Å². The Balaban J connectivity index is 1.35. The van der Waals surface area contributed by atoms with Gasteiger partial charge < -0.3 is 19.0 Å². The molecule has 1 aliphatic rings. The molecule has 35 heavy (non-hydrogen) atoms. The summed E-state index contributed by atoms with van der Waals surface area (Å²) in [5, 5.41) is 9.53. The van der Waals surface area contributed by atoms with Gasteiger partial charge in [-0.05, 0) is 55.7 Å². The minimum Gasteiger partial charge on any atom is -0.493 e. The van der Waals surface area contributed by atoms with Crippen molar-refractivity contribution in [2.24, 2.45) is 0 Å². The molecule has 0 saturated carbocycles. The molecule has 0 spiro atoms. The first-order chi connectivity index (χ1) is 16.6. The molecule has 1 unspecified atom stereocenters. The smallest absolute Gasteiger partial charge is 0.419 e. The van der Waals surface area contributed by atoms with E-state index in [1.165, 1.54) is 0 Å². The maximum Gasteiger partial charge on any atom is 0.419 e. The van der Waals surface area contributed by atoms with Gasteiger partial charge in [-0.25, -0.2) is 14.2 Å². The molecule has 2 aromatic carbocycles. The third kappa shape index (κ3) is 5.48. The Morgan fingerprint density at radius 3 is 2.54 bits per heavy atom. The highest BCUT2D eigenvalue weighted by molar-refractivity contribution is 5.78. The van der Waals surface area contributed by atoms with Gasteiger partial charge in [0, 0.05) is 25.0 Å². The van der Waals surface area contributed by atoms with Gasteiger partial charge in [0.05, 0.1) is 17.9 Å². The highest BCUT2D eigenvalue weighted by Crippen LogP contribution is 2.34. The number of hydrogen-bond acceptors (Lipinski definition) is 5. The Labute approximate surface area is 198 Å². The number of nitrogens with zero attached hydrogens (tertiary/aromatic N) is 1. The van der Waals surface area contributed by atoms with E-state index in [4.69, 9.17) is 13.9 Å². The summed E-state index contributed by atoms with van der Waals surface area (Å²) in [4.78, 5) is 15.9. The molecule has 2 heterocycles. The molecule has 186 valence electrons. The van der Waals surface area contributed by atoms with Crippen LogP contribution in [-0.2, 0) is 28.5 Å². The fourth-order valence-electron chi connectivity index (χ4n) is 4.04. The zero-order valence-corrected chi connectivity index (χ0v) is 18.8. The van der Waals surface area contributed by atoms with Crippen molar-refractivity contribution in [1.82, 2.24) is 4.98 Å². The van der Waals surface area contributed by atoms with Gasteiger partial charge in [-0.2, -0.15) is 13.2 Å². The first kappa shape index (κ1) is 24.7. The maximum atomic E-state index is 13.9. The van der Waals surface area contributed by atoms with Crippen LogP contribution < -0.4 is 4.74 Å². The van der Waals surface area contributed by atoms with Crippen molar-refractivity contribution in [3.8, 4) is 17.2 Å². The highest BCUT2D eigenvalue weighted by atomic mass is 19.4. The summed E-state index contributed by atoms with van der Waals surface area (Å²) in [5.41, 5.74) is -1.06. The predicted molar refractivity (Wildman–Crippen MR) is 117 cm³/mol. The molecular weight excluding hydrogens is 470 g/mol. The van der Waals surface area contributed by atoms with E-state index >= 15 is 0 Å². The van der Waals surface area contributed by atoms with Crippen molar-refractivity contribution in [3.63, 3.8) is 0 Å². The number of carboxylic acid groups (broad SMARTS) is 1. The third-order valence-corrected chi connectivity index (χ3v) is 5.93. The standard InChI is InChI=1S/C25H23F4NO5/c1-15-21(30-22(35-15)17-5-8-19(20(26)13-17)25(27,28)29)9-12-33-18-6-3-16(4-7-18)14-24(23(31)32)10-2-11-34-24/h3-8,13H,2,9-12,14H2,1H3,(H,31,32). The number of ether oxygens (including phenoxy) is 2. The number of hydrogen-bond donors (Lipinski definition) is 1. The summed E-state index contributed by atoms with van der Waals surface area (Å²) in [5.74, 6) is -1.30. The summed E-state index contributed by atoms with van der Waals surface area (Å²) in [6.07, 6.45) is -2.97. The lowest BCUT2D eigenvalue weighted by molar-refractivity contribution is -0.159. The predicted octanol–water partition coefficient (Wildman–Crippen LogP) is 5.61. The molecule has 6 nitrogen and oxygen atoms in total. The van der Waals surface area contributed by atoms with E-state index in [1.807, 2.05) is 0 Å². The third-order valence-electron chi connectivity index (χ3n) is 5.93. The largest absolute Gasteiger partial charge is 0.493 e. The van der Waals surface area contributed by atoms with Crippen LogP contribution in [0.4, 0.5) is 17.6 Å². The van der Waals surface area contributed by atoms with Gasteiger partial charge in [-0.15, -0.1) is 0 Å². The van der Waals surface area contributed by atoms with Gasteiger partial charge in [-0.1, -0.05) is 12.1 Å². The maximum absolute atomic E-state index is 13.9. The Bertz CT molecular complexity index is 1200. The number of aliphatic carboxylic acids is 1. The summed E-state index contributed by atoms with van der Waals surface area (Å²) in [6.45, 7) is 2.34. The van der Waals surface area contributed by atoms with Gasteiger partial charge >= 0.3 is 12.1 Å². The van der Waals surface area contributed by atoms with Gasteiger partial charge in [0.2, 0.25) is 5.89 Å². The lowest BCUT2D eigenvalue weighted by Crippen LogP contribution is -2.40. The molecular formula is C25H23F4NO5. The normalized spacial score (nSPS) is 18.1. The fraction of sp³-hybridized carbons (Fsp3) is 0.360. The molecule has 0 aliphatic carbocycles. The van der Waals surface area contributed by atoms with Crippen LogP contribution in [0.1, 0.15) is 35.4 Å². The van der Waals surface area contributed by atoms with E-state index in [1.54, 1.807) is 31.2 Å². The molecule has 10 heteroatoms. The van der Waals surface area contributed by atoms with Crippen molar-refractivity contribution in [2.45, 2.75) is 44.4 Å². The molecule has 1 aromatic heterocycles. The second-order valence-electron chi connectivity index (χ2n) is 8.38.